The Morgan fingerprint density at radius 2 is 0.554 bits per heavy atom. The van der Waals surface area contributed by atoms with Crippen LogP contribution in [0.5, 0.6) is 0 Å². The minimum absolute atomic E-state index is 0. The molecule has 0 atom stereocenters. The van der Waals surface area contributed by atoms with E-state index in [4.69, 9.17) is 0 Å². The molecule has 17 heteroatoms. The van der Waals surface area contributed by atoms with Crippen molar-refractivity contribution in [2.45, 2.75) is 294 Å². The molecule has 0 N–H and O–H groups in total. The fourth-order valence-corrected chi connectivity index (χ4v) is 5.06. The molecule has 3 aromatic rings. The maximum absolute atomic E-state index is 10.2. The van der Waals surface area contributed by atoms with Gasteiger partial charge in [-0.25, -0.2) is 8.42 Å². The summed E-state index contributed by atoms with van der Waals surface area (Å²) in [7, 11) is 4.10. The quantitative estimate of drug-likeness (QED) is 0.125. The Bertz CT molecular complexity index is 2040. The second-order valence-electron chi connectivity index (χ2n) is 36.1. The van der Waals surface area contributed by atoms with Crippen LogP contribution < -0.4 is 0 Å². The van der Waals surface area contributed by atoms with E-state index in [1.165, 1.54) is 120 Å². The molecule has 0 radical (unpaired) electrons. The van der Waals surface area contributed by atoms with Gasteiger partial charge in [0.15, 0.2) is 0 Å². The molecule has 612 valence electrons. The summed E-state index contributed by atoms with van der Waals surface area (Å²) in [5.41, 5.74) is 27.8. The van der Waals surface area contributed by atoms with Crippen molar-refractivity contribution >= 4 is 114 Å². The predicted molar refractivity (Wildman–Crippen MR) is 510 cm³/mol. The number of hydrogen-bond acceptors (Lipinski definition) is 8. The topological polar surface area (TPSA) is 97.8 Å². The number of sulfone groups is 1. The van der Waals surface area contributed by atoms with Crippen molar-refractivity contribution in [3.8, 4) is 0 Å². The number of Topliss-reactive ketones (excluding diaryl/α,β-unsaturated/α-hetero) is 1. The normalized spacial score (nSPS) is 9.74. The molecule has 7 nitrogen and oxygen atoms in total. The van der Waals surface area contributed by atoms with Crippen molar-refractivity contribution in [3.63, 3.8) is 0 Å². The first-order chi connectivity index (χ1) is 43.3. The van der Waals surface area contributed by atoms with E-state index in [0.717, 1.165) is 19.2 Å². The number of ether oxygens (including phenoxy) is 1. The molecule has 0 aliphatic heterocycles. The molecule has 0 spiro atoms. The van der Waals surface area contributed by atoms with E-state index >= 15 is 0 Å². The molecule has 0 unspecified atom stereocenters. The number of hydrogen-bond donors (Lipinski definition) is 0. The molecule has 0 heterocycles. The summed E-state index contributed by atoms with van der Waals surface area (Å²) in [5, 5.41) is 0. The molecule has 0 fully saturated rings. The van der Waals surface area contributed by atoms with Crippen molar-refractivity contribution in [2.75, 3.05) is 113 Å². The summed E-state index contributed by atoms with van der Waals surface area (Å²) >= 11 is -0.569. The number of carbonyl (C=O) groups is 1. The van der Waals surface area contributed by atoms with Gasteiger partial charge in [-0.1, -0.05) is 87.4 Å². The second-order valence-corrected chi connectivity index (χ2v) is 86.3. The fraction of sp³-hybridized carbons (Fsp3) is 0.750. The summed E-state index contributed by atoms with van der Waals surface area (Å²) in [5.74, 6) is 16.6. The standard InChI is InChI=1S/3C12H18.C5H12.C4H12Ge.C4H12Si.C4H8.C3H9B.C3H9N.C3H9OP.C3H6O.C3H9P.C2H6O2S.C2H6OS.C2H6O.C2H6S.CH4.7CH3.Al.Sn/c3*1-7-8(2)10(4)12(6)11(5)9(7)3;3*1-5(2,3)4;3*1-4(2)3;1-5(2,3)4;1-3(2)4;1-4(2)3;1-5(2,3)4;1-4(2)3;2*1-3-2;;;;;;;;;;/h3*1-6H3;3*1-4H3;1H2,2-3H3;2*1-3H3;1-3H3;1-2H3;1-3H3;1-2H3;1-2H3;2*1-2H3;1H4;7*1H3;;. The van der Waals surface area contributed by atoms with Crippen LogP contribution in [0, 0.1) is 130 Å². The Morgan fingerprint density at radius 1 is 0.545 bits per heavy atom. The number of carbonyl (C=O) groups excluding carboxylic acids is 1. The zero-order valence-electron chi connectivity index (χ0n) is 79.9. The molecule has 0 aromatic heterocycles. The van der Waals surface area contributed by atoms with Gasteiger partial charge in [0.1, 0.15) is 22.3 Å². The van der Waals surface area contributed by atoms with Crippen LogP contribution in [0.3, 0.4) is 0 Å². The van der Waals surface area contributed by atoms with Crippen molar-refractivity contribution in [1.82, 2.24) is 4.90 Å². The first-order valence-corrected chi connectivity index (χ1v) is 74.4. The van der Waals surface area contributed by atoms with Gasteiger partial charge in [0.05, 0.1) is 7.14 Å². The Kier molecular flexibility index (Phi) is 107. The fourth-order valence-electron chi connectivity index (χ4n) is 5.06. The molecule has 0 amide bonds. The van der Waals surface area contributed by atoms with Gasteiger partial charge in [0.25, 0.3) is 14.1 Å². The van der Waals surface area contributed by atoms with Crippen molar-refractivity contribution < 1.29 is 26.7 Å². The predicted octanol–water partition coefficient (Wildman–Crippen LogP) is 27.8. The van der Waals surface area contributed by atoms with E-state index in [1.54, 1.807) is 58.5 Å². The summed E-state index contributed by atoms with van der Waals surface area (Å²) in [6, 6.07) is 0. The third kappa shape index (κ3) is 185. The Labute approximate surface area is 664 Å². The maximum atomic E-state index is 10.2. The third-order valence-corrected chi connectivity index (χ3v) is 10.1. The van der Waals surface area contributed by atoms with Crippen LogP contribution in [0.25, 0.3) is 0 Å². The first kappa shape index (κ1) is 140. The van der Waals surface area contributed by atoms with Gasteiger partial charge in [-0.3, -0.25) is 4.21 Å². The van der Waals surface area contributed by atoms with Crippen LogP contribution in [-0.2, 0) is 34.7 Å². The monoisotopic (exact) mass is 1730 g/mol. The van der Waals surface area contributed by atoms with E-state index in [1.807, 2.05) is 52.4 Å². The molecule has 0 aliphatic rings. The SMILES string of the molecule is C.C=C(C)C.CB(C)C.CC(C)(C)C.CC(C)=O.CN(C)C.COC.CP(C)(C)=O.CP(C)C.CS(C)(=O)=O.CS(C)=O.CSC.C[Si](C)(C)C.Cc1c(C)c(C)c(C)c(C)c1C.Cc1c(C)c(C)c(C)c(C)c1C.Cc1c(C)c(C)c(C)c(C)c1C.[CH3][Al]([CH3])[CH3].[CH3][Ge]([CH3])([CH3])[CH3].[CH3][Sn]([CH3])([CH3])[CH3]. The molecule has 0 bridgehead atoms. The number of benzene rings is 3. The molecule has 101 heavy (non-hydrogen) atoms. The van der Waals surface area contributed by atoms with Crippen LogP contribution in [-0.4, -0.2) is 197 Å². The van der Waals surface area contributed by atoms with E-state index < -0.39 is 67.5 Å². The van der Waals surface area contributed by atoms with Gasteiger partial charge in [-0.05, 0) is 332 Å². The number of nitrogens with zero attached hydrogens (tertiary/aromatic N) is 1. The van der Waals surface area contributed by atoms with Crippen LogP contribution in [0.1, 0.15) is 163 Å². The summed E-state index contributed by atoms with van der Waals surface area (Å²) in [6.07, 6.45) is 9.68. The number of thioether (sulfide) groups is 1. The number of ketones is 1. The van der Waals surface area contributed by atoms with Gasteiger partial charge in [-0.15, -0.1) is 31.9 Å². The zero-order chi connectivity index (χ0) is 85.8. The van der Waals surface area contributed by atoms with Crippen molar-refractivity contribution in [1.29, 1.82) is 0 Å². The number of methoxy groups -OCH3 is 1. The molecule has 3 aromatic carbocycles. The van der Waals surface area contributed by atoms with Gasteiger partial charge in [0.2, 0.25) is 0 Å². The Balaban J connectivity index is -0.0000000554. The number of allylic oxidation sites excluding steroid dienone is 1. The van der Waals surface area contributed by atoms with E-state index in [2.05, 4.69) is 290 Å². The molecule has 3 rings (SSSR count). The van der Waals surface area contributed by atoms with Crippen molar-refractivity contribution in [3.05, 3.63) is 112 Å². The van der Waals surface area contributed by atoms with Gasteiger partial charge < -0.3 is 19.0 Å². The molecular weight excluding hydrogens is 1530 g/mol. The van der Waals surface area contributed by atoms with Crippen LogP contribution in [0.15, 0.2) is 12.2 Å². The average Bonchev–Trinajstić information content (AvgIpc) is 0.831. The van der Waals surface area contributed by atoms with E-state index in [0.29, 0.717) is 13.3 Å². The molecule has 0 aliphatic carbocycles. The van der Waals surface area contributed by atoms with E-state index in [-0.39, 0.29) is 27.4 Å². The number of rotatable bonds is 0. The van der Waals surface area contributed by atoms with Gasteiger partial charge >= 0.3 is 74.4 Å². The molecular formula is C84H189AlBGeNO6P2S3SiSn. The molecule has 0 saturated heterocycles. The third-order valence-electron chi connectivity index (χ3n) is 10.1. The van der Waals surface area contributed by atoms with Crippen LogP contribution in [0.4, 0.5) is 0 Å². The Hall–Kier alpha value is 0.256. The summed E-state index contributed by atoms with van der Waals surface area (Å²) < 4.78 is 43.3. The minimum atomic E-state index is -2.67. The van der Waals surface area contributed by atoms with Crippen molar-refractivity contribution in [2.24, 2.45) is 5.41 Å². The Morgan fingerprint density at radius 3 is 0.564 bits per heavy atom. The molecule has 0 saturated carbocycles. The van der Waals surface area contributed by atoms with Crippen LogP contribution >= 0.6 is 26.8 Å². The first-order valence-electron chi connectivity index (χ1n) is 35.5. The van der Waals surface area contributed by atoms with Gasteiger partial charge in [0, 0.05) is 58.1 Å². The summed E-state index contributed by atoms with van der Waals surface area (Å²) in [4.78, 5) is 21.0. The van der Waals surface area contributed by atoms with Crippen LogP contribution in [0.2, 0.25) is 107 Å². The van der Waals surface area contributed by atoms with E-state index in [9.17, 15) is 22.0 Å². The average molecular weight is 1720 g/mol. The zero-order valence-corrected chi connectivity index (χ0v) is 91.2. The summed E-state index contributed by atoms with van der Waals surface area (Å²) in [6.45, 7) is 87.7. The van der Waals surface area contributed by atoms with Gasteiger partial charge in [-0.2, -0.15) is 11.8 Å². The second kappa shape index (κ2) is 77.0.